The van der Waals surface area contributed by atoms with Gasteiger partial charge in [0.2, 0.25) is 5.91 Å². The first-order valence-corrected chi connectivity index (χ1v) is 12.2. The van der Waals surface area contributed by atoms with Crippen LogP contribution < -0.4 is 5.32 Å². The lowest BCUT2D eigenvalue weighted by molar-refractivity contribution is -0.116. The summed E-state index contributed by atoms with van der Waals surface area (Å²) in [4.78, 5) is 27.2. The Labute approximate surface area is 189 Å². The van der Waals surface area contributed by atoms with Gasteiger partial charge in [-0.1, -0.05) is 13.8 Å². The molecule has 2 heterocycles. The summed E-state index contributed by atoms with van der Waals surface area (Å²) in [5.74, 6) is 2.57. The zero-order valence-corrected chi connectivity index (χ0v) is 20.1. The molecular weight excluding hydrogens is 408 g/mol. The van der Waals surface area contributed by atoms with Gasteiger partial charge >= 0.3 is 0 Å². The number of carbonyl (C=O) groups excluding carboxylic acids is 2. The maximum atomic E-state index is 12.7. The summed E-state index contributed by atoms with van der Waals surface area (Å²) in [5.41, 5.74) is 5.66. The molecular formula is C24H34N4O2S. The van der Waals surface area contributed by atoms with Gasteiger partial charge in [-0.15, -0.1) is 0 Å². The fourth-order valence-electron chi connectivity index (χ4n) is 3.96. The van der Waals surface area contributed by atoms with Crippen LogP contribution in [0.2, 0.25) is 0 Å². The van der Waals surface area contributed by atoms with Gasteiger partial charge in [0, 0.05) is 54.5 Å². The van der Waals surface area contributed by atoms with Gasteiger partial charge in [0.25, 0.3) is 5.91 Å². The zero-order valence-electron chi connectivity index (χ0n) is 19.3. The molecule has 0 saturated carbocycles. The van der Waals surface area contributed by atoms with E-state index >= 15 is 0 Å². The van der Waals surface area contributed by atoms with Crippen LogP contribution >= 0.6 is 11.8 Å². The minimum absolute atomic E-state index is 0.0226. The highest BCUT2D eigenvalue weighted by molar-refractivity contribution is 7.99. The van der Waals surface area contributed by atoms with Gasteiger partial charge in [-0.05, 0) is 62.4 Å². The van der Waals surface area contributed by atoms with Crippen LogP contribution in [-0.2, 0) is 17.8 Å². The molecule has 168 valence electrons. The minimum Gasteiger partial charge on any atom is -0.337 e. The van der Waals surface area contributed by atoms with Crippen molar-refractivity contribution in [1.82, 2.24) is 14.7 Å². The van der Waals surface area contributed by atoms with Gasteiger partial charge in [-0.2, -0.15) is 16.9 Å². The van der Waals surface area contributed by atoms with Crippen LogP contribution in [0, 0.1) is 26.7 Å². The second-order valence-electron chi connectivity index (χ2n) is 8.71. The monoisotopic (exact) mass is 442 g/mol. The molecule has 0 bridgehead atoms. The summed E-state index contributed by atoms with van der Waals surface area (Å²) in [6, 6.07) is 5.54. The lowest BCUT2D eigenvalue weighted by Crippen LogP contribution is -2.37. The summed E-state index contributed by atoms with van der Waals surface area (Å²) < 4.78 is 2.05. The van der Waals surface area contributed by atoms with Crippen molar-refractivity contribution in [2.24, 2.45) is 5.92 Å². The summed E-state index contributed by atoms with van der Waals surface area (Å²) in [7, 11) is 0. The number of carbonyl (C=O) groups is 2. The number of anilines is 1. The van der Waals surface area contributed by atoms with E-state index in [1.807, 2.05) is 53.4 Å². The Bertz CT molecular complexity index is 945. The zero-order chi connectivity index (χ0) is 22.5. The predicted octanol–water partition coefficient (Wildman–Crippen LogP) is 4.22. The van der Waals surface area contributed by atoms with Crippen LogP contribution in [0.25, 0.3) is 0 Å². The number of hydrogen-bond acceptors (Lipinski definition) is 4. The number of nitrogens with one attached hydrogen (secondary N) is 1. The van der Waals surface area contributed by atoms with Crippen molar-refractivity contribution < 1.29 is 9.59 Å². The third-order valence-electron chi connectivity index (χ3n) is 5.72. The molecule has 0 aliphatic carbocycles. The first-order chi connectivity index (χ1) is 14.8. The number of aryl methyl sites for hydroxylation is 2. The molecule has 1 aliphatic heterocycles. The normalized spacial score (nSPS) is 14.2. The second-order valence-corrected chi connectivity index (χ2v) is 9.93. The third kappa shape index (κ3) is 5.91. The Morgan fingerprint density at radius 1 is 1.16 bits per heavy atom. The molecule has 1 saturated heterocycles. The van der Waals surface area contributed by atoms with Crippen LogP contribution in [0.3, 0.4) is 0 Å². The fourth-order valence-corrected chi connectivity index (χ4v) is 4.86. The Kier molecular flexibility index (Phi) is 7.81. The molecule has 2 aromatic rings. The lowest BCUT2D eigenvalue weighted by Gasteiger charge is -2.26. The van der Waals surface area contributed by atoms with Gasteiger partial charge < -0.3 is 10.2 Å². The number of aromatic nitrogens is 2. The Morgan fingerprint density at radius 2 is 1.87 bits per heavy atom. The first-order valence-electron chi connectivity index (χ1n) is 11.1. The Morgan fingerprint density at radius 3 is 2.52 bits per heavy atom. The topological polar surface area (TPSA) is 67.2 Å². The maximum Gasteiger partial charge on any atom is 0.253 e. The van der Waals surface area contributed by atoms with Crippen molar-refractivity contribution in [2.45, 2.75) is 54.0 Å². The van der Waals surface area contributed by atoms with Crippen molar-refractivity contribution in [3.8, 4) is 0 Å². The van der Waals surface area contributed by atoms with Crippen molar-refractivity contribution in [3.63, 3.8) is 0 Å². The molecule has 2 amide bonds. The molecule has 1 fully saturated rings. The largest absolute Gasteiger partial charge is 0.337 e. The van der Waals surface area contributed by atoms with Crippen LogP contribution in [0.4, 0.5) is 5.69 Å². The molecule has 6 nitrogen and oxygen atoms in total. The van der Waals surface area contributed by atoms with Gasteiger partial charge in [-0.25, -0.2) is 0 Å². The van der Waals surface area contributed by atoms with Gasteiger partial charge in [0.15, 0.2) is 0 Å². The van der Waals surface area contributed by atoms with E-state index in [2.05, 4.69) is 31.2 Å². The average molecular weight is 443 g/mol. The molecule has 0 spiro atoms. The SMILES string of the molecule is Cc1cc(C(=O)N2CCSCC2)ccc1NC(=O)CCc1c(C)nn(CC(C)C)c1C. The Balaban J connectivity index is 1.59. The third-order valence-corrected chi connectivity index (χ3v) is 6.66. The van der Waals surface area contributed by atoms with Crippen LogP contribution in [0.5, 0.6) is 0 Å². The number of hydrogen-bond donors (Lipinski definition) is 1. The highest BCUT2D eigenvalue weighted by Gasteiger charge is 2.19. The van der Waals surface area contributed by atoms with Crippen LogP contribution in [-0.4, -0.2) is 51.1 Å². The smallest absolute Gasteiger partial charge is 0.253 e. The molecule has 0 radical (unpaired) electrons. The molecule has 31 heavy (non-hydrogen) atoms. The van der Waals surface area contributed by atoms with E-state index < -0.39 is 0 Å². The van der Waals surface area contributed by atoms with Crippen molar-refractivity contribution >= 4 is 29.3 Å². The second kappa shape index (κ2) is 10.4. The molecule has 7 heteroatoms. The molecule has 0 unspecified atom stereocenters. The minimum atomic E-state index is -0.0226. The maximum absolute atomic E-state index is 12.7. The summed E-state index contributed by atoms with van der Waals surface area (Å²) >= 11 is 1.89. The summed E-state index contributed by atoms with van der Waals surface area (Å²) in [5, 5.41) is 7.65. The van der Waals surface area contributed by atoms with Crippen molar-refractivity contribution in [2.75, 3.05) is 29.9 Å². The summed E-state index contributed by atoms with van der Waals surface area (Å²) in [6.07, 6.45) is 1.07. The van der Waals surface area contributed by atoms with E-state index in [-0.39, 0.29) is 11.8 Å². The molecule has 3 rings (SSSR count). The fraction of sp³-hybridized carbons (Fsp3) is 0.542. The number of rotatable bonds is 7. The highest BCUT2D eigenvalue weighted by Crippen LogP contribution is 2.21. The number of amides is 2. The van der Waals surface area contributed by atoms with E-state index in [1.54, 1.807) is 0 Å². The van der Waals surface area contributed by atoms with Crippen molar-refractivity contribution in [1.29, 1.82) is 0 Å². The molecule has 1 aromatic carbocycles. The number of thioether (sulfide) groups is 1. The number of benzene rings is 1. The first kappa shape index (κ1) is 23.4. The quantitative estimate of drug-likeness (QED) is 0.697. The number of nitrogens with zero attached hydrogens (tertiary/aromatic N) is 3. The van der Waals surface area contributed by atoms with Crippen LogP contribution in [0.15, 0.2) is 18.2 Å². The van der Waals surface area contributed by atoms with Crippen molar-refractivity contribution in [3.05, 3.63) is 46.3 Å². The van der Waals surface area contributed by atoms with E-state index in [1.165, 1.54) is 0 Å². The van der Waals surface area contributed by atoms with E-state index in [0.717, 1.165) is 59.3 Å². The van der Waals surface area contributed by atoms with E-state index in [4.69, 9.17) is 0 Å². The van der Waals surface area contributed by atoms with Gasteiger partial charge in [0.05, 0.1) is 5.69 Å². The van der Waals surface area contributed by atoms with E-state index in [0.29, 0.717) is 24.3 Å². The van der Waals surface area contributed by atoms with E-state index in [9.17, 15) is 9.59 Å². The van der Waals surface area contributed by atoms with Gasteiger partial charge in [-0.3, -0.25) is 14.3 Å². The summed E-state index contributed by atoms with van der Waals surface area (Å²) in [6.45, 7) is 12.9. The molecule has 0 atom stereocenters. The highest BCUT2D eigenvalue weighted by atomic mass is 32.2. The van der Waals surface area contributed by atoms with Gasteiger partial charge in [0.1, 0.15) is 0 Å². The molecule has 1 N–H and O–H groups in total. The molecule has 1 aromatic heterocycles. The Hall–Kier alpha value is -2.28. The van der Waals surface area contributed by atoms with Crippen LogP contribution in [0.1, 0.15) is 53.1 Å². The average Bonchev–Trinajstić information content (AvgIpc) is 3.00. The lowest BCUT2D eigenvalue weighted by atomic mass is 10.1. The standard InChI is InChI=1S/C24H34N4O2S/c1-16(2)15-28-19(5)21(18(4)26-28)7-9-23(29)25-22-8-6-20(14-17(22)3)24(30)27-10-12-31-13-11-27/h6,8,14,16H,7,9-13,15H2,1-5H3,(H,25,29). The predicted molar refractivity (Wildman–Crippen MR) is 128 cm³/mol. The molecule has 1 aliphatic rings.